The first-order chi connectivity index (χ1) is 18.3. The topological polar surface area (TPSA) is 105 Å². The van der Waals surface area contributed by atoms with E-state index in [9.17, 15) is 15.0 Å². The Kier molecular flexibility index (Phi) is 9.79. The highest BCUT2D eigenvalue weighted by molar-refractivity contribution is 7.98. The molecule has 5 atom stereocenters. The van der Waals surface area contributed by atoms with Gasteiger partial charge in [0.05, 0.1) is 19.3 Å². The fourth-order valence-electron chi connectivity index (χ4n) is 6.27. The number of halogens is 1. The molecule has 0 aromatic heterocycles. The Morgan fingerprint density at radius 2 is 2.08 bits per heavy atom. The molecule has 1 amide bonds. The lowest BCUT2D eigenvalue weighted by atomic mass is 9.65. The van der Waals surface area contributed by atoms with Gasteiger partial charge < -0.3 is 30.3 Å². The van der Waals surface area contributed by atoms with Crippen LogP contribution in [0.5, 0.6) is 0 Å². The second-order valence-corrected chi connectivity index (χ2v) is 11.7. The number of thioether (sulfide) groups is 1. The number of hydrogen-bond donors (Lipinski definition) is 3. The van der Waals surface area contributed by atoms with E-state index in [4.69, 9.17) is 26.8 Å². The molecule has 2 aromatic rings. The zero-order valence-electron chi connectivity index (χ0n) is 22.1. The van der Waals surface area contributed by atoms with Crippen LogP contribution < -0.4 is 5.73 Å². The minimum absolute atomic E-state index is 0.193. The van der Waals surface area contributed by atoms with Crippen LogP contribution in [0.2, 0.25) is 5.02 Å². The zero-order chi connectivity index (χ0) is 27.3. The van der Waals surface area contributed by atoms with E-state index in [2.05, 4.69) is 6.07 Å². The van der Waals surface area contributed by atoms with Gasteiger partial charge in [0.1, 0.15) is 11.2 Å². The molecule has 0 bridgehead atoms. The highest BCUT2D eigenvalue weighted by atomic mass is 35.5. The van der Waals surface area contributed by atoms with E-state index in [0.717, 1.165) is 28.9 Å². The van der Waals surface area contributed by atoms with E-state index < -0.39 is 23.3 Å². The first kappa shape index (κ1) is 29.3. The summed E-state index contributed by atoms with van der Waals surface area (Å²) in [5, 5.41) is 24.3. The van der Waals surface area contributed by atoms with Gasteiger partial charge in [-0.25, -0.2) is 0 Å². The fourth-order valence-corrected chi connectivity index (χ4v) is 7.01. The summed E-state index contributed by atoms with van der Waals surface area (Å²) in [4.78, 5) is 14.8. The van der Waals surface area contributed by atoms with Gasteiger partial charge in [-0.05, 0) is 73.6 Å². The normalized spacial score (nSPS) is 27.3. The summed E-state index contributed by atoms with van der Waals surface area (Å²) in [7, 11) is 1.66. The van der Waals surface area contributed by atoms with Gasteiger partial charge >= 0.3 is 0 Å². The molecule has 1 aliphatic heterocycles. The molecule has 208 valence electrons. The number of hydrogen-bond acceptors (Lipinski definition) is 7. The quantitative estimate of drug-likeness (QED) is 0.215. The van der Waals surface area contributed by atoms with Crippen molar-refractivity contribution in [3.63, 3.8) is 0 Å². The molecule has 0 radical (unpaired) electrons. The lowest BCUT2D eigenvalue weighted by Crippen LogP contribution is -2.66. The van der Waals surface area contributed by atoms with Crippen molar-refractivity contribution in [2.24, 2.45) is 11.7 Å². The van der Waals surface area contributed by atoms with Crippen LogP contribution in [-0.4, -0.2) is 78.9 Å². The minimum Gasteiger partial charge on any atom is -0.392 e. The van der Waals surface area contributed by atoms with Gasteiger partial charge in [-0.2, -0.15) is 0 Å². The minimum atomic E-state index is -1.54. The Labute approximate surface area is 234 Å². The summed E-state index contributed by atoms with van der Waals surface area (Å²) in [5.41, 5.74) is 5.86. The molecule has 1 heterocycles. The number of benzene rings is 2. The number of ether oxygens (including phenoxy) is 2. The molecular weight excluding hydrogens is 524 g/mol. The first-order valence-corrected chi connectivity index (χ1v) is 14.8. The van der Waals surface area contributed by atoms with Crippen molar-refractivity contribution in [2.45, 2.75) is 60.3 Å². The average molecular weight is 563 g/mol. The van der Waals surface area contributed by atoms with Gasteiger partial charge in [-0.15, -0.1) is 11.8 Å². The lowest BCUT2D eigenvalue weighted by Gasteiger charge is -2.55. The standard InChI is InChI=1S/C29H39ClN2O5S/c1-36-13-4-3-11-28(35,23-9-6-10-24(30)27(23)20-7-5-8-22(15-20)38-2)29(18-32(19-33)12-14-37-29)21-16-25(31)26(34)17-21/h5-10,15,19,21,25-26,34-35H,3-4,11-14,16-18,31H2,1-2H3/t21-,25+,26-,28+,29-/m0/s1. The summed E-state index contributed by atoms with van der Waals surface area (Å²) in [6, 6.07) is 13.3. The van der Waals surface area contributed by atoms with Crippen molar-refractivity contribution in [2.75, 3.05) is 39.7 Å². The summed E-state index contributed by atoms with van der Waals surface area (Å²) >= 11 is 8.53. The van der Waals surface area contributed by atoms with E-state index in [1.54, 1.807) is 23.8 Å². The van der Waals surface area contributed by atoms with Gasteiger partial charge in [0.25, 0.3) is 0 Å². The second-order valence-electron chi connectivity index (χ2n) is 10.4. The number of carbonyl (C=O) groups is 1. The van der Waals surface area contributed by atoms with E-state index in [0.29, 0.717) is 49.4 Å². The third-order valence-corrected chi connectivity index (χ3v) is 9.26. The number of methoxy groups -OCH3 is 1. The molecule has 0 unspecified atom stereocenters. The number of rotatable bonds is 11. The number of amides is 1. The summed E-state index contributed by atoms with van der Waals surface area (Å²) in [6.07, 6.45) is 4.76. The highest BCUT2D eigenvalue weighted by Gasteiger charge is 2.61. The van der Waals surface area contributed by atoms with Crippen LogP contribution in [-0.2, 0) is 19.9 Å². The van der Waals surface area contributed by atoms with Crippen molar-refractivity contribution in [1.82, 2.24) is 4.90 Å². The Balaban J connectivity index is 1.93. The highest BCUT2D eigenvalue weighted by Crippen LogP contribution is 2.53. The molecule has 4 N–H and O–H groups in total. The van der Waals surface area contributed by atoms with Gasteiger partial charge in [-0.1, -0.05) is 35.9 Å². The summed E-state index contributed by atoms with van der Waals surface area (Å²) in [6.45, 7) is 1.47. The van der Waals surface area contributed by atoms with Crippen LogP contribution in [0.15, 0.2) is 47.4 Å². The fraction of sp³-hybridized carbons (Fsp3) is 0.552. The maximum absolute atomic E-state index is 13.1. The predicted molar refractivity (Wildman–Crippen MR) is 151 cm³/mol. The van der Waals surface area contributed by atoms with Crippen LogP contribution in [0.3, 0.4) is 0 Å². The molecule has 4 rings (SSSR count). The SMILES string of the molecule is COCCCC[C@@](O)(c1cccc(Cl)c1-c1cccc(SC)c1)[C@@]1([C@H]2C[C@@H](N)[C@@H](O)C2)CN(C=O)CCO1. The number of carbonyl (C=O) groups excluding carboxylic acids is 1. The number of nitrogens with zero attached hydrogens (tertiary/aromatic N) is 1. The third-order valence-electron chi connectivity index (χ3n) is 8.22. The maximum atomic E-state index is 13.1. The predicted octanol–water partition coefficient (Wildman–Crippen LogP) is 4.06. The van der Waals surface area contributed by atoms with Crippen molar-refractivity contribution in [3.8, 4) is 11.1 Å². The average Bonchev–Trinajstić information content (AvgIpc) is 3.28. The van der Waals surface area contributed by atoms with Gasteiger partial charge in [0.2, 0.25) is 6.41 Å². The molecular formula is C29H39ClN2O5S. The Morgan fingerprint density at radius 1 is 1.29 bits per heavy atom. The van der Waals surface area contributed by atoms with Crippen LogP contribution in [0.25, 0.3) is 11.1 Å². The smallest absolute Gasteiger partial charge is 0.209 e. The first-order valence-electron chi connectivity index (χ1n) is 13.2. The number of aliphatic hydroxyl groups excluding tert-OH is 1. The molecule has 9 heteroatoms. The number of unbranched alkanes of at least 4 members (excludes halogenated alkanes) is 1. The monoisotopic (exact) mass is 562 g/mol. The van der Waals surface area contributed by atoms with Crippen molar-refractivity contribution in [1.29, 1.82) is 0 Å². The summed E-state index contributed by atoms with van der Waals surface area (Å²) in [5.74, 6) is -0.271. The third kappa shape index (κ3) is 5.63. The Hall–Kier alpha value is -1.65. The van der Waals surface area contributed by atoms with Crippen LogP contribution in [0.1, 0.15) is 37.7 Å². The van der Waals surface area contributed by atoms with E-state index >= 15 is 0 Å². The Bertz CT molecular complexity index is 1100. The second kappa shape index (κ2) is 12.7. The zero-order valence-corrected chi connectivity index (χ0v) is 23.7. The molecule has 2 aromatic carbocycles. The van der Waals surface area contributed by atoms with Gasteiger partial charge in [0.15, 0.2) is 0 Å². The Morgan fingerprint density at radius 3 is 2.76 bits per heavy atom. The van der Waals surface area contributed by atoms with Crippen LogP contribution >= 0.6 is 23.4 Å². The van der Waals surface area contributed by atoms with Crippen molar-refractivity contribution >= 4 is 29.8 Å². The van der Waals surface area contributed by atoms with Gasteiger partial charge in [0, 0.05) is 41.8 Å². The van der Waals surface area contributed by atoms with Crippen molar-refractivity contribution in [3.05, 3.63) is 53.1 Å². The molecule has 1 saturated carbocycles. The lowest BCUT2D eigenvalue weighted by molar-refractivity contribution is -0.246. The maximum Gasteiger partial charge on any atom is 0.209 e. The summed E-state index contributed by atoms with van der Waals surface area (Å²) < 4.78 is 11.9. The molecule has 1 saturated heterocycles. The molecule has 7 nitrogen and oxygen atoms in total. The molecule has 1 aliphatic carbocycles. The number of aliphatic hydroxyl groups is 2. The molecule has 2 fully saturated rings. The molecule has 38 heavy (non-hydrogen) atoms. The van der Waals surface area contributed by atoms with Crippen LogP contribution in [0.4, 0.5) is 0 Å². The molecule has 2 aliphatic rings. The van der Waals surface area contributed by atoms with E-state index in [-0.39, 0.29) is 19.1 Å². The molecule has 0 spiro atoms. The van der Waals surface area contributed by atoms with E-state index in [1.165, 1.54) is 0 Å². The van der Waals surface area contributed by atoms with Crippen molar-refractivity contribution < 1.29 is 24.5 Å². The number of morpholine rings is 1. The largest absolute Gasteiger partial charge is 0.392 e. The number of nitrogens with two attached hydrogens (primary N) is 1. The van der Waals surface area contributed by atoms with Crippen LogP contribution in [0, 0.1) is 5.92 Å². The van der Waals surface area contributed by atoms with Gasteiger partial charge in [-0.3, -0.25) is 4.79 Å². The van der Waals surface area contributed by atoms with E-state index in [1.807, 2.05) is 42.7 Å².